The summed E-state index contributed by atoms with van der Waals surface area (Å²) < 4.78 is 33.0. The number of benzene rings is 3. The largest absolute Gasteiger partial charge is 0.489 e. The summed E-state index contributed by atoms with van der Waals surface area (Å²) in [5.41, 5.74) is 2.39. The standard InChI is InChI=1S/C23H22N2O3S/c1-2-25(29(26,27)23-14-10-19(16-24)11-15-23)17-20-8-12-22(13-9-20)28-18-21-6-4-3-5-7-21/h3-15H,2,17-18H2,1H3. The fraction of sp³-hybridized carbons (Fsp3) is 0.174. The predicted molar refractivity (Wildman–Crippen MR) is 112 cm³/mol. The summed E-state index contributed by atoms with van der Waals surface area (Å²) in [6, 6.07) is 25.3. The molecule has 29 heavy (non-hydrogen) atoms. The highest BCUT2D eigenvalue weighted by Gasteiger charge is 2.23. The lowest BCUT2D eigenvalue weighted by Crippen LogP contribution is -2.30. The fourth-order valence-corrected chi connectivity index (χ4v) is 4.29. The van der Waals surface area contributed by atoms with Gasteiger partial charge < -0.3 is 4.74 Å². The van der Waals surface area contributed by atoms with Crippen molar-refractivity contribution in [3.05, 3.63) is 95.6 Å². The van der Waals surface area contributed by atoms with Crippen LogP contribution in [0, 0.1) is 11.3 Å². The van der Waals surface area contributed by atoms with Crippen LogP contribution >= 0.6 is 0 Å². The summed E-state index contributed by atoms with van der Waals surface area (Å²) in [5, 5.41) is 8.89. The molecular weight excluding hydrogens is 384 g/mol. The minimum atomic E-state index is -3.64. The minimum absolute atomic E-state index is 0.182. The van der Waals surface area contributed by atoms with Gasteiger partial charge in [0.05, 0.1) is 16.5 Å². The normalized spacial score (nSPS) is 11.2. The van der Waals surface area contributed by atoms with E-state index in [1.54, 1.807) is 6.92 Å². The molecule has 3 aromatic carbocycles. The molecule has 0 radical (unpaired) electrons. The third-order valence-corrected chi connectivity index (χ3v) is 6.44. The molecule has 0 spiro atoms. The second-order valence-corrected chi connectivity index (χ2v) is 8.42. The molecule has 0 bridgehead atoms. The molecule has 6 heteroatoms. The van der Waals surface area contributed by atoms with Crippen molar-refractivity contribution in [2.24, 2.45) is 0 Å². The Bertz CT molecular complexity index is 1070. The van der Waals surface area contributed by atoms with E-state index in [0.29, 0.717) is 18.7 Å². The molecule has 0 saturated carbocycles. The van der Waals surface area contributed by atoms with E-state index in [2.05, 4.69) is 0 Å². The average molecular weight is 407 g/mol. The van der Waals surface area contributed by atoms with Crippen LogP contribution in [0.15, 0.2) is 83.8 Å². The SMILES string of the molecule is CCN(Cc1ccc(OCc2ccccc2)cc1)S(=O)(=O)c1ccc(C#N)cc1. The molecule has 0 aliphatic carbocycles. The van der Waals surface area contributed by atoms with Gasteiger partial charge in [-0.05, 0) is 47.5 Å². The fourth-order valence-electron chi connectivity index (χ4n) is 2.85. The first-order valence-corrected chi connectivity index (χ1v) is 10.7. The first-order chi connectivity index (χ1) is 14.0. The Morgan fingerprint density at radius 2 is 1.55 bits per heavy atom. The molecular formula is C23H22N2O3S. The average Bonchev–Trinajstić information content (AvgIpc) is 2.77. The van der Waals surface area contributed by atoms with E-state index in [-0.39, 0.29) is 11.4 Å². The van der Waals surface area contributed by atoms with Gasteiger partial charge in [0.2, 0.25) is 10.0 Å². The quantitative estimate of drug-likeness (QED) is 0.558. The number of hydrogen-bond acceptors (Lipinski definition) is 4. The summed E-state index contributed by atoms with van der Waals surface area (Å²) in [6.07, 6.45) is 0. The first-order valence-electron chi connectivity index (χ1n) is 9.29. The van der Waals surface area contributed by atoms with E-state index in [1.165, 1.54) is 28.6 Å². The van der Waals surface area contributed by atoms with Gasteiger partial charge in [-0.15, -0.1) is 0 Å². The molecule has 0 unspecified atom stereocenters. The van der Waals surface area contributed by atoms with Crippen LogP contribution in [-0.2, 0) is 23.2 Å². The van der Waals surface area contributed by atoms with Crippen molar-refractivity contribution in [1.82, 2.24) is 4.31 Å². The minimum Gasteiger partial charge on any atom is -0.489 e. The van der Waals surface area contributed by atoms with Gasteiger partial charge in [-0.3, -0.25) is 0 Å². The van der Waals surface area contributed by atoms with E-state index in [4.69, 9.17) is 10.00 Å². The van der Waals surface area contributed by atoms with Crippen molar-refractivity contribution in [3.8, 4) is 11.8 Å². The van der Waals surface area contributed by atoms with Crippen LogP contribution in [-0.4, -0.2) is 19.3 Å². The molecule has 0 aliphatic rings. The molecule has 5 nitrogen and oxygen atoms in total. The number of hydrogen-bond donors (Lipinski definition) is 0. The third-order valence-electron chi connectivity index (χ3n) is 4.50. The molecule has 3 rings (SSSR count). The Hall–Kier alpha value is -3.14. The number of nitrogens with zero attached hydrogens (tertiary/aromatic N) is 2. The first kappa shape index (κ1) is 20.6. The molecule has 0 N–H and O–H groups in total. The second-order valence-electron chi connectivity index (χ2n) is 6.49. The van der Waals surface area contributed by atoms with Crippen molar-refractivity contribution >= 4 is 10.0 Å². The van der Waals surface area contributed by atoms with Gasteiger partial charge >= 0.3 is 0 Å². The maximum Gasteiger partial charge on any atom is 0.243 e. The van der Waals surface area contributed by atoms with Gasteiger partial charge in [0.25, 0.3) is 0 Å². The van der Waals surface area contributed by atoms with Gasteiger partial charge in [-0.25, -0.2) is 8.42 Å². The number of rotatable bonds is 8. The van der Waals surface area contributed by atoms with Crippen LogP contribution in [0.4, 0.5) is 0 Å². The Kier molecular flexibility index (Phi) is 6.65. The molecule has 0 heterocycles. The lowest BCUT2D eigenvalue weighted by molar-refractivity contribution is 0.306. The molecule has 0 atom stereocenters. The molecule has 0 aromatic heterocycles. The van der Waals surface area contributed by atoms with Crippen LogP contribution in [0.1, 0.15) is 23.6 Å². The van der Waals surface area contributed by atoms with E-state index in [0.717, 1.165) is 16.9 Å². The van der Waals surface area contributed by atoms with Gasteiger partial charge in [-0.2, -0.15) is 9.57 Å². The summed E-state index contributed by atoms with van der Waals surface area (Å²) in [5.74, 6) is 0.732. The zero-order valence-electron chi connectivity index (χ0n) is 16.2. The van der Waals surface area contributed by atoms with Gasteiger partial charge in [0.1, 0.15) is 12.4 Å². The van der Waals surface area contributed by atoms with Crippen LogP contribution in [0.3, 0.4) is 0 Å². The molecule has 3 aromatic rings. The highest BCUT2D eigenvalue weighted by molar-refractivity contribution is 7.89. The zero-order valence-corrected chi connectivity index (χ0v) is 17.0. The molecule has 148 valence electrons. The van der Waals surface area contributed by atoms with Crippen LogP contribution in [0.2, 0.25) is 0 Å². The summed E-state index contributed by atoms with van der Waals surface area (Å²) in [6.45, 7) is 2.89. The van der Waals surface area contributed by atoms with E-state index >= 15 is 0 Å². The van der Waals surface area contributed by atoms with Gasteiger partial charge in [0.15, 0.2) is 0 Å². The van der Waals surface area contributed by atoms with Gasteiger partial charge in [0, 0.05) is 13.1 Å². The van der Waals surface area contributed by atoms with Crippen molar-refractivity contribution in [3.63, 3.8) is 0 Å². The number of sulfonamides is 1. The Morgan fingerprint density at radius 1 is 0.897 bits per heavy atom. The highest BCUT2D eigenvalue weighted by atomic mass is 32.2. The maximum atomic E-state index is 12.9. The van der Waals surface area contributed by atoms with E-state index < -0.39 is 10.0 Å². The molecule has 0 aliphatic heterocycles. The third kappa shape index (κ3) is 5.23. The Labute approximate surface area is 171 Å². The monoisotopic (exact) mass is 406 g/mol. The molecule has 0 amide bonds. The van der Waals surface area contributed by atoms with E-state index in [9.17, 15) is 8.42 Å². The topological polar surface area (TPSA) is 70.4 Å². The van der Waals surface area contributed by atoms with Crippen LogP contribution < -0.4 is 4.74 Å². The number of ether oxygens (including phenoxy) is 1. The number of nitriles is 1. The summed E-state index contributed by atoms with van der Waals surface area (Å²) in [7, 11) is -3.64. The lowest BCUT2D eigenvalue weighted by Gasteiger charge is -2.21. The van der Waals surface area contributed by atoms with Crippen LogP contribution in [0.5, 0.6) is 5.75 Å². The van der Waals surface area contributed by atoms with Crippen LogP contribution in [0.25, 0.3) is 0 Å². The highest BCUT2D eigenvalue weighted by Crippen LogP contribution is 2.20. The van der Waals surface area contributed by atoms with Crippen molar-refractivity contribution in [1.29, 1.82) is 5.26 Å². The van der Waals surface area contributed by atoms with Crippen molar-refractivity contribution in [2.75, 3.05) is 6.54 Å². The Morgan fingerprint density at radius 3 is 2.14 bits per heavy atom. The zero-order chi connectivity index (χ0) is 20.7. The molecule has 0 fully saturated rings. The smallest absolute Gasteiger partial charge is 0.243 e. The van der Waals surface area contributed by atoms with Gasteiger partial charge in [-0.1, -0.05) is 49.4 Å². The predicted octanol–water partition coefficient (Wildman–Crippen LogP) is 4.35. The molecule has 0 saturated heterocycles. The summed E-state index contributed by atoms with van der Waals surface area (Å²) in [4.78, 5) is 0.182. The van der Waals surface area contributed by atoms with E-state index in [1.807, 2.05) is 60.7 Å². The van der Waals surface area contributed by atoms with Crippen molar-refractivity contribution in [2.45, 2.75) is 25.0 Å². The summed E-state index contributed by atoms with van der Waals surface area (Å²) >= 11 is 0. The lowest BCUT2D eigenvalue weighted by atomic mass is 10.2. The maximum absolute atomic E-state index is 12.9. The Balaban J connectivity index is 1.67. The second kappa shape index (κ2) is 9.37. The van der Waals surface area contributed by atoms with Crippen molar-refractivity contribution < 1.29 is 13.2 Å².